The van der Waals surface area contributed by atoms with E-state index in [1.807, 2.05) is 25.1 Å². The van der Waals surface area contributed by atoms with Gasteiger partial charge in [0.15, 0.2) is 0 Å². The summed E-state index contributed by atoms with van der Waals surface area (Å²) < 4.78 is 5.36. The molecule has 0 unspecified atom stereocenters. The lowest BCUT2D eigenvalue weighted by Crippen LogP contribution is -2.46. The number of rotatable bonds is 4. The van der Waals surface area contributed by atoms with Gasteiger partial charge >= 0.3 is 5.63 Å². The average Bonchev–Trinajstić information content (AvgIpc) is 3.45. The van der Waals surface area contributed by atoms with Crippen LogP contribution in [0.4, 0.5) is 0 Å². The van der Waals surface area contributed by atoms with E-state index in [0.29, 0.717) is 30.3 Å². The van der Waals surface area contributed by atoms with E-state index in [-0.39, 0.29) is 23.9 Å². The highest BCUT2D eigenvalue weighted by molar-refractivity contribution is 5.99. The third-order valence-electron chi connectivity index (χ3n) is 5.46. The molecule has 1 saturated carbocycles. The maximum absolute atomic E-state index is 12.9. The van der Waals surface area contributed by atoms with Crippen molar-refractivity contribution in [1.82, 2.24) is 10.2 Å². The molecule has 1 amide bonds. The summed E-state index contributed by atoms with van der Waals surface area (Å²) in [6.45, 7) is 4.31. The van der Waals surface area contributed by atoms with Gasteiger partial charge in [-0.3, -0.25) is 4.79 Å². The van der Waals surface area contributed by atoms with Crippen molar-refractivity contribution in [2.75, 3.05) is 19.6 Å². The van der Waals surface area contributed by atoms with Gasteiger partial charge in [0.25, 0.3) is 5.91 Å². The summed E-state index contributed by atoms with van der Waals surface area (Å²) in [4.78, 5) is 27.1. The number of nitrogens with one attached hydrogen (secondary N) is 1. The summed E-state index contributed by atoms with van der Waals surface area (Å²) in [7, 11) is 0. The van der Waals surface area contributed by atoms with Gasteiger partial charge in [-0.2, -0.15) is 0 Å². The quantitative estimate of drug-likeness (QED) is 0.833. The van der Waals surface area contributed by atoms with Crippen LogP contribution < -0.4 is 10.9 Å². The van der Waals surface area contributed by atoms with Crippen molar-refractivity contribution < 1.29 is 9.21 Å². The predicted molar refractivity (Wildman–Crippen MR) is 104 cm³/mol. The fourth-order valence-corrected chi connectivity index (χ4v) is 3.65. The standard InChI is InChI=1S/C20H24N2O3.ClH/c1-13-16-4-2-3-5-17(16)25-20(24)18(13)19(23)22-10-8-15(9-11-22)21-12-14-6-7-14;/h2-5,14-15,21H,6-12H2,1H3;1H. The van der Waals surface area contributed by atoms with Gasteiger partial charge < -0.3 is 14.6 Å². The Hall–Kier alpha value is -1.85. The number of carbonyl (C=O) groups is 1. The van der Waals surface area contributed by atoms with Crippen LogP contribution in [0.15, 0.2) is 33.5 Å². The molecule has 6 heteroatoms. The molecule has 5 nitrogen and oxygen atoms in total. The van der Waals surface area contributed by atoms with Crippen LogP contribution in [0, 0.1) is 12.8 Å². The maximum Gasteiger partial charge on any atom is 0.349 e. The minimum absolute atomic E-state index is 0. The molecule has 0 radical (unpaired) electrons. The number of piperidine rings is 1. The Labute approximate surface area is 159 Å². The van der Waals surface area contributed by atoms with E-state index in [4.69, 9.17) is 4.42 Å². The van der Waals surface area contributed by atoms with Gasteiger partial charge in [0.05, 0.1) is 0 Å². The first-order valence-electron chi connectivity index (χ1n) is 9.18. The number of amides is 1. The monoisotopic (exact) mass is 376 g/mol. The molecule has 1 aliphatic carbocycles. The number of benzene rings is 1. The van der Waals surface area contributed by atoms with E-state index >= 15 is 0 Å². The zero-order valence-corrected chi connectivity index (χ0v) is 15.8. The SMILES string of the molecule is Cc1c(C(=O)N2CCC(NCC3CC3)CC2)c(=O)oc2ccccc12.Cl. The lowest BCUT2D eigenvalue weighted by Gasteiger charge is -2.32. The Bertz CT molecular complexity index is 852. The molecule has 1 saturated heterocycles. The van der Waals surface area contributed by atoms with Crippen LogP contribution in [0.2, 0.25) is 0 Å². The van der Waals surface area contributed by atoms with Gasteiger partial charge in [0.2, 0.25) is 0 Å². The van der Waals surface area contributed by atoms with Crippen LogP contribution in [-0.4, -0.2) is 36.5 Å². The van der Waals surface area contributed by atoms with Crippen molar-refractivity contribution in [1.29, 1.82) is 0 Å². The number of hydrogen-bond donors (Lipinski definition) is 1. The van der Waals surface area contributed by atoms with E-state index in [9.17, 15) is 9.59 Å². The van der Waals surface area contributed by atoms with E-state index in [1.54, 1.807) is 11.0 Å². The van der Waals surface area contributed by atoms with Crippen LogP contribution in [0.25, 0.3) is 11.0 Å². The van der Waals surface area contributed by atoms with Crippen LogP contribution in [-0.2, 0) is 0 Å². The summed E-state index contributed by atoms with van der Waals surface area (Å²) in [6, 6.07) is 7.85. The summed E-state index contributed by atoms with van der Waals surface area (Å²) in [5.74, 6) is 0.669. The predicted octanol–water partition coefficient (Wildman–Crippen LogP) is 3.13. The van der Waals surface area contributed by atoms with Gasteiger partial charge in [-0.15, -0.1) is 12.4 Å². The third-order valence-corrected chi connectivity index (χ3v) is 5.46. The number of aryl methyl sites for hydroxylation is 1. The molecule has 0 bridgehead atoms. The molecule has 1 aliphatic heterocycles. The van der Waals surface area contributed by atoms with Gasteiger partial charge in [0.1, 0.15) is 11.1 Å². The first kappa shape index (κ1) is 18.9. The van der Waals surface area contributed by atoms with Crippen LogP contribution in [0.3, 0.4) is 0 Å². The molecule has 1 aromatic carbocycles. The Kier molecular flexibility index (Phi) is 5.68. The second kappa shape index (κ2) is 7.80. The van der Waals surface area contributed by atoms with Crippen molar-refractivity contribution >= 4 is 29.3 Å². The molecule has 1 N–H and O–H groups in total. The second-order valence-corrected chi connectivity index (χ2v) is 7.30. The molecule has 2 aromatic rings. The van der Waals surface area contributed by atoms with Crippen LogP contribution in [0.5, 0.6) is 0 Å². The van der Waals surface area contributed by atoms with Crippen LogP contribution >= 0.6 is 12.4 Å². The Morgan fingerprint density at radius 3 is 2.58 bits per heavy atom. The summed E-state index contributed by atoms with van der Waals surface area (Å²) >= 11 is 0. The Morgan fingerprint density at radius 1 is 1.19 bits per heavy atom. The first-order chi connectivity index (χ1) is 12.1. The maximum atomic E-state index is 12.9. The Balaban J connectivity index is 0.00000196. The average molecular weight is 377 g/mol. The number of hydrogen-bond acceptors (Lipinski definition) is 4. The van der Waals surface area contributed by atoms with Gasteiger partial charge in [-0.25, -0.2) is 4.79 Å². The number of para-hydroxylation sites is 1. The minimum atomic E-state index is -0.532. The Morgan fingerprint density at radius 2 is 1.88 bits per heavy atom. The lowest BCUT2D eigenvalue weighted by atomic mass is 10.0. The minimum Gasteiger partial charge on any atom is -0.422 e. The van der Waals surface area contributed by atoms with E-state index in [1.165, 1.54) is 12.8 Å². The zero-order chi connectivity index (χ0) is 17.4. The second-order valence-electron chi connectivity index (χ2n) is 7.30. The molecular formula is C20H25ClN2O3. The number of fused-ring (bicyclic) bond motifs is 1. The molecule has 2 heterocycles. The van der Waals surface area contributed by atoms with E-state index in [2.05, 4.69) is 5.32 Å². The smallest absolute Gasteiger partial charge is 0.349 e. The molecule has 140 valence electrons. The van der Waals surface area contributed by atoms with Crippen LogP contribution in [0.1, 0.15) is 41.6 Å². The highest BCUT2D eigenvalue weighted by Crippen LogP contribution is 2.28. The van der Waals surface area contributed by atoms with E-state index in [0.717, 1.165) is 30.7 Å². The van der Waals surface area contributed by atoms with Crippen molar-refractivity contribution in [3.63, 3.8) is 0 Å². The molecule has 2 fully saturated rings. The van der Waals surface area contributed by atoms with Gasteiger partial charge in [0, 0.05) is 24.5 Å². The zero-order valence-electron chi connectivity index (χ0n) is 15.0. The molecule has 0 spiro atoms. The number of carbonyl (C=O) groups excluding carboxylic acids is 1. The van der Waals surface area contributed by atoms with Crippen molar-refractivity contribution in [2.45, 2.75) is 38.6 Å². The highest BCUT2D eigenvalue weighted by Gasteiger charge is 2.28. The van der Waals surface area contributed by atoms with Crippen molar-refractivity contribution in [3.05, 3.63) is 45.8 Å². The molecule has 26 heavy (non-hydrogen) atoms. The number of halogens is 1. The first-order valence-corrected chi connectivity index (χ1v) is 9.18. The molecule has 1 aromatic heterocycles. The largest absolute Gasteiger partial charge is 0.422 e. The molecular weight excluding hydrogens is 352 g/mol. The fourth-order valence-electron chi connectivity index (χ4n) is 3.65. The number of nitrogens with zero attached hydrogens (tertiary/aromatic N) is 1. The topological polar surface area (TPSA) is 62.6 Å². The fraction of sp³-hybridized carbons (Fsp3) is 0.500. The summed E-state index contributed by atoms with van der Waals surface area (Å²) in [6.07, 6.45) is 4.58. The van der Waals surface area contributed by atoms with Gasteiger partial charge in [-0.1, -0.05) is 18.2 Å². The third kappa shape index (κ3) is 3.79. The van der Waals surface area contributed by atoms with E-state index < -0.39 is 5.63 Å². The summed E-state index contributed by atoms with van der Waals surface area (Å²) in [5, 5.41) is 4.44. The highest BCUT2D eigenvalue weighted by atomic mass is 35.5. The summed E-state index contributed by atoms with van der Waals surface area (Å²) in [5.41, 5.74) is 0.897. The lowest BCUT2D eigenvalue weighted by molar-refractivity contribution is 0.0700. The van der Waals surface area contributed by atoms with Gasteiger partial charge in [-0.05, 0) is 56.7 Å². The molecule has 4 rings (SSSR count). The molecule has 0 atom stereocenters. The number of likely N-dealkylation sites (tertiary alicyclic amines) is 1. The normalized spacial score (nSPS) is 18.0. The van der Waals surface area contributed by atoms with Crippen molar-refractivity contribution in [2.24, 2.45) is 5.92 Å². The molecule has 2 aliphatic rings. The van der Waals surface area contributed by atoms with Crippen molar-refractivity contribution in [3.8, 4) is 0 Å².